The summed E-state index contributed by atoms with van der Waals surface area (Å²) in [6.07, 6.45) is 0. The van der Waals surface area contributed by atoms with E-state index in [-0.39, 0.29) is 5.92 Å². The van der Waals surface area contributed by atoms with E-state index >= 15 is 0 Å². The summed E-state index contributed by atoms with van der Waals surface area (Å²) in [7, 11) is -3.53. The summed E-state index contributed by atoms with van der Waals surface area (Å²) in [4.78, 5) is 0. The highest BCUT2D eigenvalue weighted by molar-refractivity contribution is 9.11. The lowest BCUT2D eigenvalue weighted by molar-refractivity contribution is 0.603. The molecule has 3 nitrogen and oxygen atoms in total. The maximum Gasteiger partial charge on any atom is 0.271 e. The summed E-state index contributed by atoms with van der Waals surface area (Å²) in [6, 6.07) is 9.16. The van der Waals surface area contributed by atoms with E-state index in [1.54, 1.807) is 12.1 Å². The van der Waals surface area contributed by atoms with E-state index in [1.807, 2.05) is 39.0 Å². The number of thiophene rings is 1. The van der Waals surface area contributed by atoms with Crippen molar-refractivity contribution in [3.05, 3.63) is 45.2 Å². The number of sulfonamides is 1. The van der Waals surface area contributed by atoms with Crippen LogP contribution in [-0.4, -0.2) is 8.42 Å². The summed E-state index contributed by atoms with van der Waals surface area (Å²) in [6.45, 7) is 6.01. The van der Waals surface area contributed by atoms with Crippen LogP contribution in [0.5, 0.6) is 0 Å². The Kier molecular flexibility index (Phi) is 4.56. The molecule has 0 saturated heterocycles. The zero-order valence-corrected chi connectivity index (χ0v) is 14.7. The summed E-state index contributed by atoms with van der Waals surface area (Å²) < 4.78 is 28.7. The topological polar surface area (TPSA) is 46.2 Å². The molecule has 6 heteroatoms. The van der Waals surface area contributed by atoms with Crippen LogP contribution in [0.1, 0.15) is 30.9 Å². The van der Waals surface area contributed by atoms with Crippen molar-refractivity contribution in [2.24, 2.45) is 0 Å². The van der Waals surface area contributed by atoms with Crippen molar-refractivity contribution >= 4 is 43.0 Å². The average Bonchev–Trinajstić information content (AvgIpc) is 2.79. The van der Waals surface area contributed by atoms with Crippen LogP contribution >= 0.6 is 27.3 Å². The van der Waals surface area contributed by atoms with Gasteiger partial charge in [0, 0.05) is 0 Å². The molecule has 0 aliphatic heterocycles. The van der Waals surface area contributed by atoms with Gasteiger partial charge in [-0.1, -0.05) is 32.0 Å². The van der Waals surface area contributed by atoms with Crippen LogP contribution in [0.15, 0.2) is 38.3 Å². The summed E-state index contributed by atoms with van der Waals surface area (Å²) >= 11 is 4.49. The Morgan fingerprint density at radius 3 is 2.45 bits per heavy atom. The zero-order chi connectivity index (χ0) is 14.9. The second-order valence-electron chi connectivity index (χ2n) is 4.86. The Morgan fingerprint density at radius 2 is 1.90 bits per heavy atom. The van der Waals surface area contributed by atoms with E-state index < -0.39 is 10.0 Å². The number of halogens is 1. The molecule has 0 saturated carbocycles. The number of para-hydroxylation sites is 1. The minimum atomic E-state index is -3.53. The highest BCUT2D eigenvalue weighted by atomic mass is 79.9. The first-order chi connectivity index (χ1) is 9.31. The molecular weight excluding hydrogens is 358 g/mol. The monoisotopic (exact) mass is 373 g/mol. The van der Waals surface area contributed by atoms with Crippen LogP contribution in [0, 0.1) is 6.92 Å². The summed E-state index contributed by atoms with van der Waals surface area (Å²) in [5.41, 5.74) is 2.62. The standard InChI is InChI=1S/C14H16BrNO2S2/c1-9(2)11-6-4-5-10(3)14(11)16-20(17,18)13-8-7-12(15)19-13/h4-9,16H,1-3H3. The highest BCUT2D eigenvalue weighted by Crippen LogP contribution is 2.32. The number of hydrogen-bond donors (Lipinski definition) is 1. The van der Waals surface area contributed by atoms with Gasteiger partial charge in [0.1, 0.15) is 4.21 Å². The molecule has 2 rings (SSSR count). The zero-order valence-electron chi connectivity index (χ0n) is 11.5. The predicted molar refractivity (Wildman–Crippen MR) is 88.1 cm³/mol. The number of nitrogens with one attached hydrogen (secondary N) is 1. The van der Waals surface area contributed by atoms with Gasteiger partial charge in [-0.2, -0.15) is 0 Å². The predicted octanol–water partition coefficient (Wildman–Crippen LogP) is 4.74. The first-order valence-corrected chi connectivity index (χ1v) is 9.28. The van der Waals surface area contributed by atoms with E-state index in [2.05, 4.69) is 20.7 Å². The third kappa shape index (κ3) is 3.24. The highest BCUT2D eigenvalue weighted by Gasteiger charge is 2.20. The van der Waals surface area contributed by atoms with Gasteiger partial charge in [-0.15, -0.1) is 11.3 Å². The maximum absolute atomic E-state index is 12.4. The fourth-order valence-electron chi connectivity index (χ4n) is 1.94. The summed E-state index contributed by atoms with van der Waals surface area (Å²) in [5, 5.41) is 0. The van der Waals surface area contributed by atoms with Crippen LogP contribution in [0.2, 0.25) is 0 Å². The molecule has 20 heavy (non-hydrogen) atoms. The molecule has 1 aromatic carbocycles. The fraction of sp³-hybridized carbons (Fsp3) is 0.286. The molecule has 1 N–H and O–H groups in total. The molecule has 0 fully saturated rings. The molecule has 108 valence electrons. The maximum atomic E-state index is 12.4. The van der Waals surface area contributed by atoms with Crippen LogP contribution in [-0.2, 0) is 10.0 Å². The van der Waals surface area contributed by atoms with Crippen LogP contribution < -0.4 is 4.72 Å². The molecule has 1 aromatic heterocycles. The molecular formula is C14H16BrNO2S2. The van der Waals surface area contributed by atoms with Crippen molar-refractivity contribution in [3.8, 4) is 0 Å². The lowest BCUT2D eigenvalue weighted by Gasteiger charge is -2.16. The third-order valence-electron chi connectivity index (χ3n) is 2.98. The van der Waals surface area contributed by atoms with Crippen LogP contribution in [0.4, 0.5) is 5.69 Å². The SMILES string of the molecule is Cc1cccc(C(C)C)c1NS(=O)(=O)c1ccc(Br)s1. The molecule has 0 atom stereocenters. The molecule has 0 aliphatic carbocycles. The number of benzene rings is 1. The Balaban J connectivity index is 2.44. The van der Waals surface area contributed by atoms with E-state index in [4.69, 9.17) is 0 Å². The van der Waals surface area contributed by atoms with Gasteiger partial charge in [-0.05, 0) is 52.0 Å². The van der Waals surface area contributed by atoms with Gasteiger partial charge in [0.25, 0.3) is 10.0 Å². The average molecular weight is 374 g/mol. The minimum absolute atomic E-state index is 0.252. The van der Waals surface area contributed by atoms with Crippen molar-refractivity contribution in [3.63, 3.8) is 0 Å². The van der Waals surface area contributed by atoms with E-state index in [1.165, 1.54) is 11.3 Å². The Hall–Kier alpha value is -0.850. The molecule has 0 unspecified atom stereocenters. The van der Waals surface area contributed by atoms with Gasteiger partial charge >= 0.3 is 0 Å². The first kappa shape index (κ1) is 15.5. The van der Waals surface area contributed by atoms with Crippen molar-refractivity contribution in [1.29, 1.82) is 0 Å². The largest absolute Gasteiger partial charge is 0.278 e. The van der Waals surface area contributed by atoms with E-state index in [0.29, 0.717) is 9.90 Å². The molecule has 0 radical (unpaired) electrons. The van der Waals surface area contributed by atoms with Gasteiger partial charge in [-0.3, -0.25) is 4.72 Å². The minimum Gasteiger partial charge on any atom is -0.278 e. The number of anilines is 1. The number of rotatable bonds is 4. The molecule has 0 bridgehead atoms. The second kappa shape index (κ2) is 5.87. The van der Waals surface area contributed by atoms with Crippen molar-refractivity contribution in [2.45, 2.75) is 30.9 Å². The van der Waals surface area contributed by atoms with E-state index in [9.17, 15) is 8.42 Å². The molecule has 0 spiro atoms. The van der Waals surface area contributed by atoms with Gasteiger partial charge in [-0.25, -0.2) is 8.42 Å². The molecule has 2 aromatic rings. The Bertz CT molecular complexity index is 721. The second-order valence-corrected chi connectivity index (χ2v) is 9.23. The fourth-order valence-corrected chi connectivity index (χ4v) is 5.11. The quantitative estimate of drug-likeness (QED) is 0.840. The van der Waals surface area contributed by atoms with Crippen molar-refractivity contribution < 1.29 is 8.42 Å². The normalized spacial score (nSPS) is 11.8. The van der Waals surface area contributed by atoms with Crippen LogP contribution in [0.3, 0.4) is 0 Å². The Morgan fingerprint density at radius 1 is 1.20 bits per heavy atom. The molecule has 0 aliphatic rings. The summed E-state index contributed by atoms with van der Waals surface area (Å²) in [5.74, 6) is 0.252. The van der Waals surface area contributed by atoms with Crippen molar-refractivity contribution in [1.82, 2.24) is 0 Å². The Labute approximate surface area is 132 Å². The van der Waals surface area contributed by atoms with Gasteiger partial charge in [0.2, 0.25) is 0 Å². The van der Waals surface area contributed by atoms with Gasteiger partial charge in [0.05, 0.1) is 9.47 Å². The van der Waals surface area contributed by atoms with Gasteiger partial charge < -0.3 is 0 Å². The lowest BCUT2D eigenvalue weighted by atomic mass is 9.99. The van der Waals surface area contributed by atoms with Gasteiger partial charge in [0.15, 0.2) is 0 Å². The van der Waals surface area contributed by atoms with Crippen LogP contribution in [0.25, 0.3) is 0 Å². The smallest absolute Gasteiger partial charge is 0.271 e. The van der Waals surface area contributed by atoms with Crippen molar-refractivity contribution in [2.75, 3.05) is 4.72 Å². The number of aryl methyl sites for hydroxylation is 1. The first-order valence-electron chi connectivity index (χ1n) is 6.19. The number of hydrogen-bond acceptors (Lipinski definition) is 3. The van der Waals surface area contributed by atoms with E-state index in [0.717, 1.165) is 14.9 Å². The molecule has 0 amide bonds. The lowest BCUT2D eigenvalue weighted by Crippen LogP contribution is -2.14. The molecule has 1 heterocycles. The third-order valence-corrected chi connectivity index (χ3v) is 6.44.